The first-order valence-electron chi connectivity index (χ1n) is 47.3. The molecule has 2 aliphatic heterocycles. The summed E-state index contributed by atoms with van der Waals surface area (Å²) in [4.78, 5) is 6.02. The van der Waals surface area contributed by atoms with Gasteiger partial charge in [-0.1, -0.05) is 314 Å². The average Bonchev–Trinajstić information content (AvgIpc) is 1.68. The van der Waals surface area contributed by atoms with Crippen LogP contribution in [0, 0.1) is 0 Å². The smallest absolute Gasteiger partial charge is 0.252 e. The van der Waals surface area contributed by atoms with Gasteiger partial charge in [0.15, 0.2) is 0 Å². The predicted molar refractivity (Wildman–Crippen MR) is 468 cm³/mol. The standard InChI is InChI=1S/C104H80BN5/c1-103(2,3)75-41-30-40-73(62-75)74-54-60-90-96(63-74)109(102-88(71-36-16-9-17-37-71)64-76(104(4,5)6)65-89(102)72-38-18-10-19-39-72)98-67-81(108-94-52-28-24-46-86(94)87-47-25-29-53-95(87)108)68-99-100(98)105(90)91-61-59-80(66-97(91)110(99)101-82(69-32-12-7-13-33-69)48-31-49-83(101)70-34-14-8-15-35-70)106(77-42-20-11-21-43-77)78-55-57-79(58-56-78)107-92-50-26-22-44-84(92)85-45-23-27-51-93(85)107/h7-68H,1-6H3/i11D,20D,21D,22D,23D,24D,25D,26D,27D,28D,29D,42D,43D,44D,45D,46D,47D,50D,51D,52D,53D. The number of nitrogens with zero attached hydrogens (tertiary/aromatic N) is 5. The maximum Gasteiger partial charge on any atom is 0.252 e. The van der Waals surface area contributed by atoms with Crippen molar-refractivity contribution in [3.05, 3.63) is 387 Å². The Balaban J connectivity index is 0.987. The maximum absolute atomic E-state index is 10.3. The van der Waals surface area contributed by atoms with Crippen molar-refractivity contribution >= 4 is 118 Å². The van der Waals surface area contributed by atoms with E-state index in [1.54, 1.807) is 33.7 Å². The first-order chi connectivity index (χ1) is 62.6. The van der Waals surface area contributed by atoms with E-state index in [1.807, 2.05) is 146 Å². The molecule has 16 aromatic carbocycles. The van der Waals surface area contributed by atoms with Crippen molar-refractivity contribution in [2.75, 3.05) is 14.7 Å². The number of para-hydroxylation sites is 6. The lowest BCUT2D eigenvalue weighted by Crippen LogP contribution is -2.61. The van der Waals surface area contributed by atoms with Crippen LogP contribution in [0.15, 0.2) is 376 Å². The molecule has 0 bridgehead atoms. The molecular weight excluding hydrogens is 1330 g/mol. The van der Waals surface area contributed by atoms with Crippen LogP contribution in [0.4, 0.5) is 51.2 Å². The molecule has 524 valence electrons. The number of benzene rings is 16. The molecule has 0 saturated carbocycles. The second-order valence-corrected chi connectivity index (χ2v) is 30.1. The Morgan fingerprint density at radius 2 is 0.673 bits per heavy atom. The highest BCUT2D eigenvalue weighted by Crippen LogP contribution is 2.56. The summed E-state index contributed by atoms with van der Waals surface area (Å²) in [5, 5.41) is -0.589. The Kier molecular flexibility index (Phi) is 11.3. The van der Waals surface area contributed by atoms with Crippen molar-refractivity contribution < 1.29 is 28.8 Å². The van der Waals surface area contributed by atoms with E-state index < -0.39 is 139 Å². The fraction of sp³-hybridized carbons (Fsp3) is 0.0769. The Morgan fingerprint density at radius 3 is 1.15 bits per heavy atom. The molecule has 18 aromatic rings. The number of hydrogen-bond acceptors (Lipinski definition) is 3. The number of fused-ring (bicyclic) bond motifs is 10. The first kappa shape index (κ1) is 47.3. The van der Waals surface area contributed by atoms with E-state index in [9.17, 15) is 21.9 Å². The minimum Gasteiger partial charge on any atom is -0.310 e. The molecule has 20 rings (SSSR count). The van der Waals surface area contributed by atoms with Crippen molar-refractivity contribution in [2.45, 2.75) is 52.4 Å². The van der Waals surface area contributed by atoms with Crippen LogP contribution < -0.4 is 31.1 Å². The molecule has 0 atom stereocenters. The molecule has 6 heteroatoms. The third-order valence-electron chi connectivity index (χ3n) is 21.6. The highest BCUT2D eigenvalue weighted by Gasteiger charge is 2.46. The molecule has 110 heavy (non-hydrogen) atoms. The summed E-state index contributed by atoms with van der Waals surface area (Å²) in [6.07, 6.45) is 0. The van der Waals surface area contributed by atoms with Crippen LogP contribution in [0.25, 0.3) is 111 Å². The molecule has 0 saturated heterocycles. The van der Waals surface area contributed by atoms with E-state index in [0.29, 0.717) is 50.5 Å². The molecule has 0 amide bonds. The van der Waals surface area contributed by atoms with Gasteiger partial charge in [0.2, 0.25) is 0 Å². The molecule has 0 radical (unpaired) electrons. The minimum absolute atomic E-state index is 0.137. The van der Waals surface area contributed by atoms with Crippen LogP contribution in [-0.4, -0.2) is 15.8 Å². The largest absolute Gasteiger partial charge is 0.310 e. The van der Waals surface area contributed by atoms with Crippen LogP contribution in [-0.2, 0) is 10.8 Å². The Bertz CT molecular complexity index is 7650. The van der Waals surface area contributed by atoms with Gasteiger partial charge in [-0.25, -0.2) is 0 Å². The minimum atomic E-state index is -0.843. The zero-order chi connectivity index (χ0) is 92.2. The van der Waals surface area contributed by atoms with Gasteiger partial charge in [0, 0.05) is 89.3 Å². The number of aromatic nitrogens is 2. The molecule has 0 spiro atoms. The Labute approximate surface area is 673 Å². The van der Waals surface area contributed by atoms with E-state index in [2.05, 4.69) is 130 Å². The first-order valence-corrected chi connectivity index (χ1v) is 36.8. The molecule has 2 aliphatic rings. The van der Waals surface area contributed by atoms with Crippen LogP contribution in [0.3, 0.4) is 0 Å². The van der Waals surface area contributed by atoms with Crippen LogP contribution in [0.5, 0.6) is 0 Å². The SMILES string of the molecule is [2H]c1c([2H])c([2H])c(N(c2ccc(-n3c4c([2H])c([2H])c([2H])c([2H])c4c4c([2H])c([2H])c([2H])c([2H])c43)cc2)c2ccc3c(c2)N(c2c(-c4ccccc4)cccc2-c2ccccc2)c2cc(-n4c5c([2H])c([2H])c([2H])c([2H])c5c5c([2H])c([2H])c([2H])c([2H])c54)cc4c2B3c2ccc(-c3cccc(C(C)(C)C)c3)cc2N4c2c(-c3ccccc3)cc(C(C)(C)C)cc2-c2ccccc2)c([2H])c1[2H]. The number of hydrogen-bond donors (Lipinski definition) is 0. The zero-order valence-corrected chi connectivity index (χ0v) is 61.0. The number of anilines is 9. The van der Waals surface area contributed by atoms with Gasteiger partial charge in [-0.3, -0.25) is 0 Å². The lowest BCUT2D eigenvalue weighted by molar-refractivity contribution is 0.590. The second-order valence-electron chi connectivity index (χ2n) is 30.1. The Morgan fingerprint density at radius 1 is 0.282 bits per heavy atom. The summed E-state index contributed by atoms with van der Waals surface area (Å²) in [7, 11) is 0. The highest BCUT2D eigenvalue weighted by molar-refractivity contribution is 7.00. The highest BCUT2D eigenvalue weighted by atomic mass is 15.2. The van der Waals surface area contributed by atoms with Gasteiger partial charge >= 0.3 is 0 Å². The van der Waals surface area contributed by atoms with Crippen LogP contribution >= 0.6 is 0 Å². The van der Waals surface area contributed by atoms with Gasteiger partial charge in [0.25, 0.3) is 6.71 Å². The summed E-state index contributed by atoms with van der Waals surface area (Å²) in [5.74, 6) is 0. The van der Waals surface area contributed by atoms with E-state index >= 15 is 0 Å². The predicted octanol–water partition coefficient (Wildman–Crippen LogP) is 26.4. The monoisotopic (exact) mass is 1430 g/mol. The normalized spacial score (nSPS) is 15.3. The van der Waals surface area contributed by atoms with Gasteiger partial charge < -0.3 is 23.8 Å². The van der Waals surface area contributed by atoms with Gasteiger partial charge in [0.05, 0.1) is 67.9 Å². The molecule has 0 N–H and O–H groups in total. The third kappa shape index (κ3) is 11.0. The molecular formula is C104H80BN5. The summed E-state index contributed by atoms with van der Waals surface area (Å²) in [5.41, 5.74) is 15.0. The Hall–Kier alpha value is -13.4. The van der Waals surface area contributed by atoms with Crippen molar-refractivity contribution in [3.63, 3.8) is 0 Å². The molecule has 4 heterocycles. The van der Waals surface area contributed by atoms with E-state index in [0.717, 1.165) is 66.8 Å². The topological polar surface area (TPSA) is 19.6 Å². The average molecular weight is 1430 g/mol. The molecule has 0 unspecified atom stereocenters. The molecule has 5 nitrogen and oxygen atoms in total. The van der Waals surface area contributed by atoms with Gasteiger partial charge in [0.1, 0.15) is 0 Å². The summed E-state index contributed by atoms with van der Waals surface area (Å²) in [6, 6.07) is 69.3. The van der Waals surface area contributed by atoms with Crippen molar-refractivity contribution in [2.24, 2.45) is 0 Å². The second kappa shape index (κ2) is 26.2. The third-order valence-corrected chi connectivity index (χ3v) is 21.6. The zero-order valence-electron chi connectivity index (χ0n) is 82.0. The number of rotatable bonds is 12. The van der Waals surface area contributed by atoms with Crippen LogP contribution in [0.1, 0.15) is 81.5 Å². The van der Waals surface area contributed by atoms with Gasteiger partial charge in [-0.15, -0.1) is 0 Å². The maximum atomic E-state index is 10.3. The molecule has 0 aliphatic carbocycles. The lowest BCUT2D eigenvalue weighted by Gasteiger charge is -2.46. The van der Waals surface area contributed by atoms with E-state index in [-0.39, 0.29) is 77.5 Å². The fourth-order valence-corrected chi connectivity index (χ4v) is 16.4. The summed E-state index contributed by atoms with van der Waals surface area (Å²) >= 11 is 0. The molecule has 2 aromatic heterocycles. The van der Waals surface area contributed by atoms with Crippen molar-refractivity contribution in [1.29, 1.82) is 0 Å². The van der Waals surface area contributed by atoms with Crippen LogP contribution in [0.2, 0.25) is 0 Å². The van der Waals surface area contributed by atoms with E-state index in [4.69, 9.17) is 6.85 Å². The van der Waals surface area contributed by atoms with Crippen molar-refractivity contribution in [3.8, 4) is 67.0 Å². The quantitative estimate of drug-likeness (QED) is 0.114. The molecule has 0 fully saturated rings. The lowest BCUT2D eigenvalue weighted by atomic mass is 9.33. The fourth-order valence-electron chi connectivity index (χ4n) is 16.4. The van der Waals surface area contributed by atoms with Crippen molar-refractivity contribution in [1.82, 2.24) is 9.13 Å². The van der Waals surface area contributed by atoms with Gasteiger partial charge in [-0.05, 0) is 175 Å². The summed E-state index contributed by atoms with van der Waals surface area (Å²) in [6.45, 7) is 12.2. The van der Waals surface area contributed by atoms with E-state index in [1.165, 1.54) is 4.57 Å². The summed E-state index contributed by atoms with van der Waals surface area (Å²) < 4.78 is 203. The van der Waals surface area contributed by atoms with Gasteiger partial charge in [-0.2, -0.15) is 0 Å².